The second-order valence-corrected chi connectivity index (χ2v) is 6.49. The van der Waals surface area contributed by atoms with Crippen LogP contribution in [0.1, 0.15) is 23.0 Å². The highest BCUT2D eigenvalue weighted by Crippen LogP contribution is 2.26. The molecule has 26 heavy (non-hydrogen) atoms. The predicted octanol–water partition coefficient (Wildman–Crippen LogP) is 1.19. The van der Waals surface area contributed by atoms with E-state index in [9.17, 15) is 9.59 Å². The van der Waals surface area contributed by atoms with Crippen molar-refractivity contribution in [2.75, 3.05) is 39.3 Å². The average molecular weight is 356 g/mol. The maximum absolute atomic E-state index is 12.5. The number of primary amides is 1. The van der Waals surface area contributed by atoms with Gasteiger partial charge in [-0.25, -0.2) is 4.98 Å². The molecule has 0 aliphatic carbocycles. The van der Waals surface area contributed by atoms with Gasteiger partial charge in [-0.2, -0.15) is 0 Å². The molecule has 0 saturated carbocycles. The Labute approximate surface area is 152 Å². The molecule has 2 heterocycles. The zero-order valence-electron chi connectivity index (χ0n) is 15.2. The third kappa shape index (κ3) is 3.94. The largest absolute Gasteiger partial charge is 0.483 e. The Hall–Kier alpha value is -2.67. The summed E-state index contributed by atoms with van der Waals surface area (Å²) < 4.78 is 5.77. The second-order valence-electron chi connectivity index (χ2n) is 6.49. The summed E-state index contributed by atoms with van der Waals surface area (Å²) in [5.41, 5.74) is 7.14. The summed E-state index contributed by atoms with van der Waals surface area (Å²) in [5.74, 6) is -0.233. The quantitative estimate of drug-likeness (QED) is 0.869. The summed E-state index contributed by atoms with van der Waals surface area (Å²) in [6, 6.07) is 7.18. The first kappa shape index (κ1) is 18.1. The van der Waals surface area contributed by atoms with E-state index in [1.54, 1.807) is 0 Å². The first-order valence-corrected chi connectivity index (χ1v) is 8.82. The maximum atomic E-state index is 12.5. The number of nitrogens with zero attached hydrogens (tertiary/aromatic N) is 3. The Bertz CT molecular complexity index is 829. The third-order valence-electron chi connectivity index (χ3n) is 4.70. The van der Waals surface area contributed by atoms with Gasteiger partial charge in [0.15, 0.2) is 6.61 Å². The molecule has 1 fully saturated rings. The summed E-state index contributed by atoms with van der Waals surface area (Å²) in [6.07, 6.45) is 0. The Morgan fingerprint density at radius 2 is 1.92 bits per heavy atom. The summed E-state index contributed by atoms with van der Waals surface area (Å²) >= 11 is 0. The molecule has 0 bridgehead atoms. The van der Waals surface area contributed by atoms with E-state index < -0.39 is 5.91 Å². The molecule has 138 valence electrons. The molecule has 0 atom stereocenters. The molecule has 7 nitrogen and oxygen atoms in total. The predicted molar refractivity (Wildman–Crippen MR) is 99.2 cm³/mol. The molecule has 1 saturated heterocycles. The van der Waals surface area contributed by atoms with Crippen LogP contribution in [0.25, 0.3) is 10.9 Å². The van der Waals surface area contributed by atoms with E-state index in [0.717, 1.165) is 30.6 Å². The zero-order valence-corrected chi connectivity index (χ0v) is 15.2. The molecule has 1 aliphatic heterocycles. The van der Waals surface area contributed by atoms with Crippen molar-refractivity contribution in [2.45, 2.75) is 13.8 Å². The van der Waals surface area contributed by atoms with Crippen molar-refractivity contribution < 1.29 is 14.3 Å². The number of benzene rings is 1. The first-order valence-electron chi connectivity index (χ1n) is 8.82. The molecule has 1 aromatic carbocycles. The number of nitrogens with two attached hydrogens (primary N) is 1. The topological polar surface area (TPSA) is 88.8 Å². The molecule has 0 radical (unpaired) electrons. The molecule has 0 spiro atoms. The Kier molecular flexibility index (Phi) is 5.37. The fraction of sp³-hybridized carbons (Fsp3) is 0.421. The van der Waals surface area contributed by atoms with Crippen LogP contribution in [0.15, 0.2) is 24.3 Å². The van der Waals surface area contributed by atoms with Crippen LogP contribution in [-0.4, -0.2) is 65.9 Å². The van der Waals surface area contributed by atoms with Gasteiger partial charge in [-0.05, 0) is 31.2 Å². The van der Waals surface area contributed by atoms with Crippen molar-refractivity contribution in [2.24, 2.45) is 5.73 Å². The van der Waals surface area contributed by atoms with Gasteiger partial charge in [0.2, 0.25) is 0 Å². The molecule has 2 N–H and O–H groups in total. The Balaban J connectivity index is 1.76. The van der Waals surface area contributed by atoms with Crippen LogP contribution in [0.3, 0.4) is 0 Å². The summed E-state index contributed by atoms with van der Waals surface area (Å²) in [5, 5.41) is 0.754. The Morgan fingerprint density at radius 1 is 1.19 bits per heavy atom. The van der Waals surface area contributed by atoms with E-state index in [4.69, 9.17) is 10.5 Å². The highest BCUT2D eigenvalue weighted by molar-refractivity contribution is 5.96. The monoisotopic (exact) mass is 356 g/mol. The van der Waals surface area contributed by atoms with Gasteiger partial charge in [-0.15, -0.1) is 0 Å². The van der Waals surface area contributed by atoms with Crippen LogP contribution >= 0.6 is 0 Å². The number of pyridine rings is 1. The van der Waals surface area contributed by atoms with Crippen LogP contribution in [-0.2, 0) is 4.79 Å². The molecule has 0 unspecified atom stereocenters. The van der Waals surface area contributed by atoms with Gasteiger partial charge in [-0.1, -0.05) is 13.0 Å². The number of carbonyl (C=O) groups excluding carboxylic acids is 2. The van der Waals surface area contributed by atoms with Gasteiger partial charge in [0, 0.05) is 37.6 Å². The number of hydrogen-bond donors (Lipinski definition) is 1. The number of likely N-dealkylation sites (N-methyl/N-ethyl adjacent to an activating group) is 1. The van der Waals surface area contributed by atoms with E-state index in [0.29, 0.717) is 24.4 Å². The average Bonchev–Trinajstić information content (AvgIpc) is 2.65. The molecule has 2 amide bonds. The van der Waals surface area contributed by atoms with Crippen LogP contribution < -0.4 is 10.5 Å². The standard InChI is InChI=1S/C19H24N4O3/c1-3-22-6-8-23(9-7-22)18(24)12-26-17-11-16(19(20)25)21-15-10-13(2)4-5-14(15)17/h4-5,10-11H,3,6-9,12H2,1-2H3,(H2,20,25). The molecule has 1 aliphatic rings. The number of ether oxygens (including phenoxy) is 1. The van der Waals surface area contributed by atoms with Gasteiger partial charge in [-0.3, -0.25) is 9.59 Å². The van der Waals surface area contributed by atoms with Gasteiger partial charge in [0.25, 0.3) is 11.8 Å². The number of fused-ring (bicyclic) bond motifs is 1. The lowest BCUT2D eigenvalue weighted by atomic mass is 10.1. The van der Waals surface area contributed by atoms with E-state index in [-0.39, 0.29) is 18.2 Å². The van der Waals surface area contributed by atoms with E-state index in [1.807, 2.05) is 30.0 Å². The number of aryl methyl sites for hydroxylation is 1. The highest BCUT2D eigenvalue weighted by atomic mass is 16.5. The van der Waals surface area contributed by atoms with Crippen LogP contribution in [0.5, 0.6) is 5.75 Å². The minimum absolute atomic E-state index is 0.0570. The highest BCUT2D eigenvalue weighted by Gasteiger charge is 2.21. The van der Waals surface area contributed by atoms with E-state index >= 15 is 0 Å². The maximum Gasteiger partial charge on any atom is 0.267 e. The van der Waals surface area contributed by atoms with Crippen molar-refractivity contribution in [3.8, 4) is 5.75 Å². The van der Waals surface area contributed by atoms with Crippen molar-refractivity contribution in [1.29, 1.82) is 0 Å². The van der Waals surface area contributed by atoms with Crippen LogP contribution in [0.4, 0.5) is 0 Å². The minimum Gasteiger partial charge on any atom is -0.483 e. The fourth-order valence-corrected chi connectivity index (χ4v) is 3.10. The van der Waals surface area contributed by atoms with Gasteiger partial charge in [0.1, 0.15) is 11.4 Å². The zero-order chi connectivity index (χ0) is 18.7. The van der Waals surface area contributed by atoms with Crippen LogP contribution in [0.2, 0.25) is 0 Å². The lowest BCUT2D eigenvalue weighted by Crippen LogP contribution is -2.49. The number of aromatic nitrogens is 1. The first-order chi connectivity index (χ1) is 12.5. The molecule has 3 rings (SSSR count). The van der Waals surface area contributed by atoms with E-state index in [2.05, 4.69) is 16.8 Å². The number of rotatable bonds is 5. The minimum atomic E-state index is -0.625. The van der Waals surface area contributed by atoms with Gasteiger partial charge >= 0.3 is 0 Å². The van der Waals surface area contributed by atoms with Crippen LogP contribution in [0, 0.1) is 6.92 Å². The normalized spacial score (nSPS) is 15.2. The smallest absolute Gasteiger partial charge is 0.267 e. The lowest BCUT2D eigenvalue weighted by Gasteiger charge is -2.34. The van der Waals surface area contributed by atoms with E-state index in [1.165, 1.54) is 6.07 Å². The lowest BCUT2D eigenvalue weighted by molar-refractivity contribution is -0.135. The van der Waals surface area contributed by atoms with Gasteiger partial charge in [0.05, 0.1) is 5.52 Å². The molecular formula is C19H24N4O3. The SMILES string of the molecule is CCN1CCN(C(=O)COc2cc(C(N)=O)nc3cc(C)ccc23)CC1. The van der Waals surface area contributed by atoms with Crippen molar-refractivity contribution >= 4 is 22.7 Å². The second kappa shape index (κ2) is 7.70. The van der Waals surface area contributed by atoms with Crippen molar-refractivity contribution in [3.05, 3.63) is 35.5 Å². The number of piperazine rings is 1. The molecular weight excluding hydrogens is 332 g/mol. The summed E-state index contributed by atoms with van der Waals surface area (Å²) in [7, 11) is 0. The third-order valence-corrected chi connectivity index (χ3v) is 4.70. The molecule has 7 heteroatoms. The number of carbonyl (C=O) groups is 2. The van der Waals surface area contributed by atoms with Crippen molar-refractivity contribution in [1.82, 2.24) is 14.8 Å². The molecule has 2 aromatic rings. The fourth-order valence-electron chi connectivity index (χ4n) is 3.10. The summed E-state index contributed by atoms with van der Waals surface area (Å²) in [6.45, 7) is 8.16. The number of hydrogen-bond acceptors (Lipinski definition) is 5. The van der Waals surface area contributed by atoms with Gasteiger partial charge < -0.3 is 20.3 Å². The molecule has 1 aromatic heterocycles. The summed E-state index contributed by atoms with van der Waals surface area (Å²) in [4.78, 5) is 32.4. The van der Waals surface area contributed by atoms with Crippen molar-refractivity contribution in [3.63, 3.8) is 0 Å². The number of amides is 2. The Morgan fingerprint density at radius 3 is 2.58 bits per heavy atom.